The van der Waals surface area contributed by atoms with Crippen LogP contribution in [0.15, 0.2) is 0 Å². The number of piperidine rings is 1. The van der Waals surface area contributed by atoms with Crippen LogP contribution in [0.5, 0.6) is 0 Å². The second kappa shape index (κ2) is 6.97. The first-order valence-corrected chi connectivity index (χ1v) is 6.65. The Morgan fingerprint density at radius 3 is 2.82 bits per heavy atom. The van der Waals surface area contributed by atoms with Crippen molar-refractivity contribution in [2.24, 2.45) is 11.7 Å². The molecule has 100 valence electrons. The lowest BCUT2D eigenvalue weighted by Gasteiger charge is -2.38. The van der Waals surface area contributed by atoms with Crippen LogP contribution in [-0.2, 0) is 9.53 Å². The van der Waals surface area contributed by atoms with E-state index in [0.717, 1.165) is 19.4 Å². The average Bonchev–Trinajstić information content (AvgIpc) is 2.28. The van der Waals surface area contributed by atoms with Crippen LogP contribution in [0.1, 0.15) is 40.0 Å². The highest BCUT2D eigenvalue weighted by Gasteiger charge is 2.28. The second-order valence-electron chi connectivity index (χ2n) is 5.28. The minimum absolute atomic E-state index is 0.188. The normalized spacial score (nSPS) is 25.4. The highest BCUT2D eigenvalue weighted by atomic mass is 16.5. The van der Waals surface area contributed by atoms with Crippen LogP contribution in [0, 0.1) is 5.92 Å². The molecule has 2 unspecified atom stereocenters. The van der Waals surface area contributed by atoms with Gasteiger partial charge < -0.3 is 15.4 Å². The maximum absolute atomic E-state index is 12.0. The average molecular weight is 242 g/mol. The number of carbonyl (C=O) groups excluding carboxylic acids is 1. The molecule has 0 aliphatic carbocycles. The lowest BCUT2D eigenvalue weighted by atomic mass is 9.92. The van der Waals surface area contributed by atoms with Crippen LogP contribution >= 0.6 is 0 Å². The Bertz CT molecular complexity index is 244. The SMILES string of the molecule is CC1CCN(C(=O)CCOC(C)C)C(CN)C1. The Morgan fingerprint density at radius 1 is 1.53 bits per heavy atom. The molecular weight excluding hydrogens is 216 g/mol. The summed E-state index contributed by atoms with van der Waals surface area (Å²) in [5.74, 6) is 0.868. The summed E-state index contributed by atoms with van der Waals surface area (Å²) in [5, 5.41) is 0. The number of nitrogens with zero attached hydrogens (tertiary/aromatic N) is 1. The van der Waals surface area contributed by atoms with Gasteiger partial charge in [-0.05, 0) is 32.6 Å². The van der Waals surface area contributed by atoms with Crippen LogP contribution in [0.4, 0.5) is 0 Å². The first-order valence-electron chi connectivity index (χ1n) is 6.65. The second-order valence-corrected chi connectivity index (χ2v) is 5.28. The largest absolute Gasteiger partial charge is 0.378 e. The minimum atomic E-state index is 0.188. The van der Waals surface area contributed by atoms with Gasteiger partial charge in [0, 0.05) is 19.1 Å². The van der Waals surface area contributed by atoms with Crippen molar-refractivity contribution in [2.45, 2.75) is 52.2 Å². The Morgan fingerprint density at radius 2 is 2.24 bits per heavy atom. The number of likely N-dealkylation sites (tertiary alicyclic amines) is 1. The molecule has 1 fully saturated rings. The quantitative estimate of drug-likeness (QED) is 0.792. The highest BCUT2D eigenvalue weighted by Crippen LogP contribution is 2.22. The molecule has 17 heavy (non-hydrogen) atoms. The molecule has 0 bridgehead atoms. The van der Waals surface area contributed by atoms with Crippen LogP contribution in [0.25, 0.3) is 0 Å². The zero-order valence-corrected chi connectivity index (χ0v) is 11.3. The Labute approximate surface area is 104 Å². The first kappa shape index (κ1) is 14.5. The van der Waals surface area contributed by atoms with E-state index in [1.165, 1.54) is 0 Å². The van der Waals surface area contributed by atoms with Gasteiger partial charge in [-0.25, -0.2) is 0 Å². The lowest BCUT2D eigenvalue weighted by Crippen LogP contribution is -2.49. The molecule has 1 aliphatic rings. The van der Waals surface area contributed by atoms with E-state index >= 15 is 0 Å². The van der Waals surface area contributed by atoms with E-state index in [2.05, 4.69) is 6.92 Å². The minimum Gasteiger partial charge on any atom is -0.378 e. The van der Waals surface area contributed by atoms with E-state index in [0.29, 0.717) is 25.5 Å². The molecule has 4 nitrogen and oxygen atoms in total. The summed E-state index contributed by atoms with van der Waals surface area (Å²) in [4.78, 5) is 14.0. The maximum atomic E-state index is 12.0. The number of ether oxygens (including phenoxy) is 1. The summed E-state index contributed by atoms with van der Waals surface area (Å²) in [5.41, 5.74) is 5.75. The van der Waals surface area contributed by atoms with E-state index in [1.54, 1.807) is 0 Å². The zero-order chi connectivity index (χ0) is 12.8. The standard InChI is InChI=1S/C13H26N2O2/c1-10(2)17-7-5-13(16)15-6-4-11(3)8-12(15)9-14/h10-12H,4-9,14H2,1-3H3. The van der Waals surface area contributed by atoms with Gasteiger partial charge in [0.25, 0.3) is 0 Å². The van der Waals surface area contributed by atoms with E-state index in [4.69, 9.17) is 10.5 Å². The van der Waals surface area contributed by atoms with E-state index < -0.39 is 0 Å². The fourth-order valence-electron chi connectivity index (χ4n) is 2.33. The van der Waals surface area contributed by atoms with Crippen LogP contribution < -0.4 is 5.73 Å². The van der Waals surface area contributed by atoms with Crippen molar-refractivity contribution >= 4 is 5.91 Å². The molecule has 2 atom stereocenters. The molecule has 0 spiro atoms. The Kier molecular flexibility index (Phi) is 5.92. The Balaban J connectivity index is 2.38. The molecule has 0 aromatic carbocycles. The predicted molar refractivity (Wildman–Crippen MR) is 68.7 cm³/mol. The molecule has 1 rings (SSSR count). The lowest BCUT2D eigenvalue weighted by molar-refractivity contribution is -0.136. The summed E-state index contributed by atoms with van der Waals surface area (Å²) >= 11 is 0. The molecule has 0 aromatic rings. The smallest absolute Gasteiger partial charge is 0.225 e. The molecule has 1 amide bonds. The summed E-state index contributed by atoms with van der Waals surface area (Å²) in [6, 6.07) is 0.227. The number of amides is 1. The van der Waals surface area contributed by atoms with Crippen molar-refractivity contribution in [1.82, 2.24) is 4.90 Å². The fraction of sp³-hybridized carbons (Fsp3) is 0.923. The number of carbonyl (C=O) groups is 1. The van der Waals surface area contributed by atoms with Crippen LogP contribution in [0.3, 0.4) is 0 Å². The van der Waals surface area contributed by atoms with Gasteiger partial charge in [0.05, 0.1) is 19.1 Å². The van der Waals surface area contributed by atoms with E-state index in [9.17, 15) is 4.79 Å². The van der Waals surface area contributed by atoms with Gasteiger partial charge in [-0.1, -0.05) is 6.92 Å². The molecular formula is C13H26N2O2. The van der Waals surface area contributed by atoms with Crippen molar-refractivity contribution in [3.8, 4) is 0 Å². The van der Waals surface area contributed by atoms with Crippen molar-refractivity contribution in [1.29, 1.82) is 0 Å². The van der Waals surface area contributed by atoms with E-state index in [-0.39, 0.29) is 18.1 Å². The van der Waals surface area contributed by atoms with Crippen molar-refractivity contribution in [3.05, 3.63) is 0 Å². The van der Waals surface area contributed by atoms with Crippen molar-refractivity contribution < 1.29 is 9.53 Å². The summed E-state index contributed by atoms with van der Waals surface area (Å²) < 4.78 is 5.41. The Hall–Kier alpha value is -0.610. The molecule has 1 aliphatic heterocycles. The van der Waals surface area contributed by atoms with Gasteiger partial charge in [0.15, 0.2) is 0 Å². The number of hydrogen-bond donors (Lipinski definition) is 1. The third kappa shape index (κ3) is 4.64. The number of nitrogens with two attached hydrogens (primary N) is 1. The summed E-state index contributed by atoms with van der Waals surface area (Å²) in [6.07, 6.45) is 2.79. The molecule has 2 N–H and O–H groups in total. The third-order valence-electron chi connectivity index (χ3n) is 3.34. The molecule has 1 heterocycles. The molecule has 0 aromatic heterocycles. The topological polar surface area (TPSA) is 55.6 Å². The van der Waals surface area contributed by atoms with Crippen LogP contribution in [-0.4, -0.2) is 42.6 Å². The van der Waals surface area contributed by atoms with Gasteiger partial charge in [0.1, 0.15) is 0 Å². The summed E-state index contributed by atoms with van der Waals surface area (Å²) in [7, 11) is 0. The van der Waals surface area contributed by atoms with Gasteiger partial charge in [-0.2, -0.15) is 0 Å². The number of hydrogen-bond acceptors (Lipinski definition) is 3. The summed E-state index contributed by atoms with van der Waals surface area (Å²) in [6.45, 7) is 8.13. The van der Waals surface area contributed by atoms with E-state index in [1.807, 2.05) is 18.7 Å². The van der Waals surface area contributed by atoms with Gasteiger partial charge in [0.2, 0.25) is 5.91 Å². The molecule has 0 saturated carbocycles. The maximum Gasteiger partial charge on any atom is 0.225 e. The highest BCUT2D eigenvalue weighted by molar-refractivity contribution is 5.76. The van der Waals surface area contributed by atoms with Crippen molar-refractivity contribution in [3.63, 3.8) is 0 Å². The van der Waals surface area contributed by atoms with Gasteiger partial charge in [-0.15, -0.1) is 0 Å². The van der Waals surface area contributed by atoms with Crippen molar-refractivity contribution in [2.75, 3.05) is 19.7 Å². The zero-order valence-electron chi connectivity index (χ0n) is 11.3. The first-order chi connectivity index (χ1) is 8.04. The van der Waals surface area contributed by atoms with Gasteiger partial charge in [-0.3, -0.25) is 4.79 Å². The fourth-order valence-corrected chi connectivity index (χ4v) is 2.33. The van der Waals surface area contributed by atoms with Crippen LogP contribution in [0.2, 0.25) is 0 Å². The predicted octanol–water partition coefficient (Wildman–Crippen LogP) is 1.39. The number of rotatable bonds is 5. The molecule has 0 radical (unpaired) electrons. The van der Waals surface area contributed by atoms with Gasteiger partial charge >= 0.3 is 0 Å². The molecule has 1 saturated heterocycles. The molecule has 4 heteroatoms. The monoisotopic (exact) mass is 242 g/mol. The third-order valence-corrected chi connectivity index (χ3v) is 3.34.